The Balaban J connectivity index is 1.87. The Hall–Kier alpha value is -3.17. The van der Waals surface area contributed by atoms with E-state index in [1.165, 1.54) is 23.9 Å². The predicted octanol–water partition coefficient (Wildman–Crippen LogP) is 0.593. The van der Waals surface area contributed by atoms with Gasteiger partial charge in [-0.2, -0.15) is 0 Å². The molecule has 1 aromatic heterocycles. The van der Waals surface area contributed by atoms with Gasteiger partial charge in [-0.3, -0.25) is 14.4 Å². The van der Waals surface area contributed by atoms with E-state index >= 15 is 0 Å². The van der Waals surface area contributed by atoms with Gasteiger partial charge in [-0.05, 0) is 49.4 Å². The summed E-state index contributed by atoms with van der Waals surface area (Å²) in [5, 5.41) is 5.48. The van der Waals surface area contributed by atoms with Gasteiger partial charge in [-0.1, -0.05) is 12.1 Å². The van der Waals surface area contributed by atoms with Gasteiger partial charge in [0.15, 0.2) is 0 Å². The molecule has 6 N–H and O–H groups in total. The molecule has 1 aromatic carbocycles. The Bertz CT molecular complexity index is 1010. The number of nitrogens with two attached hydrogens (primary N) is 2. The van der Waals surface area contributed by atoms with E-state index in [-0.39, 0.29) is 35.7 Å². The summed E-state index contributed by atoms with van der Waals surface area (Å²) in [4.78, 5) is 38.2. The average Bonchev–Trinajstić information content (AvgIpc) is 2.80. The van der Waals surface area contributed by atoms with Gasteiger partial charge >= 0.3 is 0 Å². The van der Waals surface area contributed by atoms with Gasteiger partial charge < -0.3 is 31.4 Å². The Kier molecular flexibility index (Phi) is 8.02. The molecular weight excluding hydrogens is 410 g/mol. The number of hydrogen-bond acceptors (Lipinski definition) is 6. The number of rotatable bonds is 8. The van der Waals surface area contributed by atoms with Crippen molar-refractivity contribution in [1.29, 1.82) is 0 Å². The normalized spacial score (nSPS) is 18.1. The minimum absolute atomic E-state index is 0.0301. The van der Waals surface area contributed by atoms with E-state index in [1.54, 1.807) is 12.1 Å². The largest absolute Gasteiger partial charge is 0.492 e. The standard InChI is InChI=1S/C23H31N5O4/c1-26-22(30)20-12-16(21(29)27-18-7-5-17(25)6-8-18)14-28(23(20)31)13-15-3-2-4-19(11-15)32-10-9-24/h2-4,11-12,14,17-18H,5-10,13,24-25H2,1H3,(H,26,30)(H,27,29). The Morgan fingerprint density at radius 2 is 1.91 bits per heavy atom. The molecular formula is C23H31N5O4. The van der Waals surface area contributed by atoms with Crippen LogP contribution in [0.5, 0.6) is 5.75 Å². The second-order valence-corrected chi connectivity index (χ2v) is 8.02. The van der Waals surface area contributed by atoms with Crippen LogP contribution in [0, 0.1) is 0 Å². The maximum atomic E-state index is 12.9. The van der Waals surface area contributed by atoms with Crippen LogP contribution in [0.25, 0.3) is 0 Å². The van der Waals surface area contributed by atoms with Crippen molar-refractivity contribution >= 4 is 11.8 Å². The molecule has 9 heteroatoms. The molecule has 0 atom stereocenters. The van der Waals surface area contributed by atoms with E-state index in [1.807, 2.05) is 12.1 Å². The van der Waals surface area contributed by atoms with Crippen molar-refractivity contribution < 1.29 is 14.3 Å². The topological polar surface area (TPSA) is 141 Å². The number of carbonyl (C=O) groups is 2. The van der Waals surface area contributed by atoms with Crippen LogP contribution < -0.4 is 32.4 Å². The number of ether oxygens (including phenoxy) is 1. The molecule has 0 saturated heterocycles. The van der Waals surface area contributed by atoms with Gasteiger partial charge in [0.1, 0.15) is 17.9 Å². The summed E-state index contributed by atoms with van der Waals surface area (Å²) < 4.78 is 6.92. The summed E-state index contributed by atoms with van der Waals surface area (Å²) in [6, 6.07) is 8.83. The van der Waals surface area contributed by atoms with E-state index in [2.05, 4.69) is 10.6 Å². The van der Waals surface area contributed by atoms with Crippen molar-refractivity contribution in [2.75, 3.05) is 20.2 Å². The fourth-order valence-corrected chi connectivity index (χ4v) is 3.81. The van der Waals surface area contributed by atoms with Gasteiger partial charge in [0.2, 0.25) is 0 Å². The van der Waals surface area contributed by atoms with Crippen molar-refractivity contribution in [2.45, 2.75) is 44.3 Å². The molecule has 3 rings (SSSR count). The third-order valence-electron chi connectivity index (χ3n) is 5.56. The molecule has 9 nitrogen and oxygen atoms in total. The Morgan fingerprint density at radius 1 is 1.16 bits per heavy atom. The van der Waals surface area contributed by atoms with E-state index < -0.39 is 11.5 Å². The molecule has 1 aliphatic carbocycles. The van der Waals surface area contributed by atoms with Crippen LogP contribution >= 0.6 is 0 Å². The highest BCUT2D eigenvalue weighted by molar-refractivity contribution is 5.99. The van der Waals surface area contributed by atoms with Crippen molar-refractivity contribution in [2.24, 2.45) is 11.5 Å². The van der Waals surface area contributed by atoms with Crippen LogP contribution in [0.15, 0.2) is 41.3 Å². The second-order valence-electron chi connectivity index (χ2n) is 8.02. The number of aromatic nitrogens is 1. The molecule has 1 heterocycles. The van der Waals surface area contributed by atoms with E-state index in [0.717, 1.165) is 31.2 Å². The molecule has 1 aliphatic rings. The molecule has 2 aromatic rings. The minimum Gasteiger partial charge on any atom is -0.492 e. The van der Waals surface area contributed by atoms with E-state index in [9.17, 15) is 14.4 Å². The van der Waals surface area contributed by atoms with Crippen LogP contribution in [-0.4, -0.2) is 48.7 Å². The first-order chi connectivity index (χ1) is 15.4. The molecule has 32 heavy (non-hydrogen) atoms. The summed E-state index contributed by atoms with van der Waals surface area (Å²) in [5.41, 5.74) is 11.9. The predicted molar refractivity (Wildman–Crippen MR) is 122 cm³/mol. The van der Waals surface area contributed by atoms with Crippen LogP contribution in [0.4, 0.5) is 0 Å². The molecule has 1 saturated carbocycles. The summed E-state index contributed by atoms with van der Waals surface area (Å²) in [5.74, 6) is -0.219. The van der Waals surface area contributed by atoms with Crippen molar-refractivity contribution in [1.82, 2.24) is 15.2 Å². The number of amides is 2. The van der Waals surface area contributed by atoms with Crippen LogP contribution in [0.1, 0.15) is 52.0 Å². The zero-order valence-corrected chi connectivity index (χ0v) is 18.3. The molecule has 0 radical (unpaired) electrons. The van der Waals surface area contributed by atoms with Gasteiger partial charge in [-0.15, -0.1) is 0 Å². The van der Waals surface area contributed by atoms with Crippen molar-refractivity contribution in [3.8, 4) is 5.75 Å². The lowest BCUT2D eigenvalue weighted by molar-refractivity contribution is 0.0925. The number of hydrogen-bond donors (Lipinski definition) is 4. The van der Waals surface area contributed by atoms with E-state index in [4.69, 9.17) is 16.2 Å². The number of nitrogens with one attached hydrogen (secondary N) is 2. The number of nitrogens with zero attached hydrogens (tertiary/aromatic N) is 1. The summed E-state index contributed by atoms with van der Waals surface area (Å²) in [7, 11) is 1.45. The molecule has 0 bridgehead atoms. The minimum atomic E-state index is -0.540. The molecule has 0 aliphatic heterocycles. The number of pyridine rings is 1. The van der Waals surface area contributed by atoms with Crippen molar-refractivity contribution in [3.63, 3.8) is 0 Å². The summed E-state index contributed by atoms with van der Waals surface area (Å²) in [6.07, 6.45) is 4.83. The first-order valence-electron chi connectivity index (χ1n) is 10.9. The molecule has 0 unspecified atom stereocenters. The highest BCUT2D eigenvalue weighted by atomic mass is 16.5. The smallest absolute Gasteiger partial charge is 0.263 e. The first-order valence-corrected chi connectivity index (χ1v) is 10.9. The number of carbonyl (C=O) groups excluding carboxylic acids is 2. The van der Waals surface area contributed by atoms with E-state index in [0.29, 0.717) is 18.9 Å². The van der Waals surface area contributed by atoms with Crippen LogP contribution in [-0.2, 0) is 6.54 Å². The Labute approximate surface area is 187 Å². The zero-order valence-electron chi connectivity index (χ0n) is 18.3. The summed E-state index contributed by atoms with van der Waals surface area (Å²) in [6.45, 7) is 0.956. The molecule has 1 fully saturated rings. The third-order valence-corrected chi connectivity index (χ3v) is 5.56. The fraction of sp³-hybridized carbons (Fsp3) is 0.435. The average molecular weight is 442 g/mol. The summed E-state index contributed by atoms with van der Waals surface area (Å²) >= 11 is 0. The second kappa shape index (κ2) is 10.9. The molecule has 172 valence electrons. The highest BCUT2D eigenvalue weighted by Crippen LogP contribution is 2.18. The van der Waals surface area contributed by atoms with Gasteiger partial charge in [0, 0.05) is 31.9 Å². The number of benzene rings is 1. The fourth-order valence-electron chi connectivity index (χ4n) is 3.81. The lowest BCUT2D eigenvalue weighted by Crippen LogP contribution is -2.41. The van der Waals surface area contributed by atoms with Gasteiger partial charge in [-0.25, -0.2) is 0 Å². The lowest BCUT2D eigenvalue weighted by Gasteiger charge is -2.27. The maximum Gasteiger partial charge on any atom is 0.263 e. The Morgan fingerprint density at radius 3 is 2.59 bits per heavy atom. The molecule has 2 amide bonds. The van der Waals surface area contributed by atoms with Gasteiger partial charge in [0.05, 0.1) is 12.1 Å². The van der Waals surface area contributed by atoms with Crippen LogP contribution in [0.3, 0.4) is 0 Å². The SMILES string of the molecule is CNC(=O)c1cc(C(=O)NC2CCC(N)CC2)cn(Cc2cccc(OCCN)c2)c1=O. The lowest BCUT2D eigenvalue weighted by atomic mass is 9.91. The molecule has 0 spiro atoms. The van der Waals surface area contributed by atoms with Crippen molar-refractivity contribution in [3.05, 3.63) is 63.6 Å². The highest BCUT2D eigenvalue weighted by Gasteiger charge is 2.22. The first kappa shape index (κ1) is 23.5. The third kappa shape index (κ3) is 5.95. The maximum absolute atomic E-state index is 12.9. The zero-order chi connectivity index (χ0) is 23.1. The quantitative estimate of drug-likeness (QED) is 0.472. The van der Waals surface area contributed by atoms with Crippen LogP contribution in [0.2, 0.25) is 0 Å². The monoisotopic (exact) mass is 441 g/mol. The van der Waals surface area contributed by atoms with Gasteiger partial charge in [0.25, 0.3) is 17.4 Å².